The SMILES string of the molecule is Cc1cc(F)c([N+](=O)[O-])c(C)c1S(=O)(=O)Nc1nnns1. The van der Waals surface area contributed by atoms with Crippen LogP contribution < -0.4 is 4.72 Å². The van der Waals surface area contributed by atoms with Crippen LogP contribution in [0.5, 0.6) is 0 Å². The average Bonchev–Trinajstić information content (AvgIpc) is 2.78. The van der Waals surface area contributed by atoms with Crippen LogP contribution in [0.15, 0.2) is 11.0 Å². The van der Waals surface area contributed by atoms with Crippen molar-refractivity contribution in [1.82, 2.24) is 14.8 Å². The van der Waals surface area contributed by atoms with E-state index in [0.717, 1.165) is 6.07 Å². The zero-order valence-electron chi connectivity index (χ0n) is 10.7. The molecule has 0 bridgehead atoms. The molecular weight excluding hydrogens is 325 g/mol. The van der Waals surface area contributed by atoms with Gasteiger partial charge in [-0.25, -0.2) is 8.42 Å². The largest absolute Gasteiger partial charge is 0.309 e. The summed E-state index contributed by atoms with van der Waals surface area (Å²) in [7, 11) is -4.17. The highest BCUT2D eigenvalue weighted by molar-refractivity contribution is 7.93. The van der Waals surface area contributed by atoms with E-state index < -0.39 is 26.5 Å². The first-order valence-electron chi connectivity index (χ1n) is 5.36. The number of aromatic nitrogens is 3. The Balaban J connectivity index is 2.63. The van der Waals surface area contributed by atoms with Crippen molar-refractivity contribution >= 4 is 32.4 Å². The molecule has 0 aliphatic carbocycles. The maximum Gasteiger partial charge on any atom is 0.309 e. The second-order valence-corrected chi connectivity index (χ2v) is 6.36. The summed E-state index contributed by atoms with van der Waals surface area (Å²) in [6, 6.07) is 0.804. The number of halogens is 1. The number of nitrogens with one attached hydrogen (secondary N) is 1. The number of hydrogen-bond acceptors (Lipinski definition) is 8. The van der Waals surface area contributed by atoms with Gasteiger partial charge in [0, 0.05) is 11.5 Å². The van der Waals surface area contributed by atoms with Gasteiger partial charge in [-0.05, 0) is 30.7 Å². The number of hydrogen-bond donors (Lipinski definition) is 1. The molecule has 0 atom stereocenters. The van der Waals surface area contributed by atoms with Gasteiger partial charge >= 0.3 is 5.69 Å². The molecule has 2 rings (SSSR count). The summed E-state index contributed by atoms with van der Waals surface area (Å²) in [6.07, 6.45) is 0. The Labute approximate surface area is 122 Å². The van der Waals surface area contributed by atoms with E-state index in [-0.39, 0.29) is 21.2 Å². The van der Waals surface area contributed by atoms with Crippen molar-refractivity contribution in [2.45, 2.75) is 18.7 Å². The molecule has 0 aliphatic rings. The first kappa shape index (κ1) is 15.2. The molecule has 0 saturated carbocycles. The van der Waals surface area contributed by atoms with Gasteiger partial charge in [0.25, 0.3) is 10.0 Å². The molecule has 1 heterocycles. The summed E-state index contributed by atoms with van der Waals surface area (Å²) in [5, 5.41) is 17.4. The van der Waals surface area contributed by atoms with Crippen LogP contribution >= 0.6 is 11.5 Å². The first-order valence-corrected chi connectivity index (χ1v) is 7.61. The fraction of sp³-hybridized carbons (Fsp3) is 0.222. The molecule has 0 radical (unpaired) electrons. The first-order chi connectivity index (χ1) is 9.74. The molecule has 1 N–H and O–H groups in total. The summed E-state index contributed by atoms with van der Waals surface area (Å²) < 4.78 is 43.7. The van der Waals surface area contributed by atoms with Crippen LogP contribution in [0.4, 0.5) is 15.2 Å². The standard InChI is InChI=1S/C9H8FN5O4S2/c1-4-3-6(10)7(15(16)17)5(2)8(4)21(18,19)12-9-11-13-14-20-9/h3H,1-2H3,(H,11,12,14). The normalized spacial score (nSPS) is 11.4. The topological polar surface area (TPSA) is 128 Å². The molecule has 112 valence electrons. The predicted octanol–water partition coefficient (Wildman–Crippen LogP) is 1.40. The lowest BCUT2D eigenvalue weighted by atomic mass is 10.1. The Morgan fingerprint density at radius 1 is 1.43 bits per heavy atom. The predicted molar refractivity (Wildman–Crippen MR) is 71.0 cm³/mol. The second-order valence-electron chi connectivity index (χ2n) is 4.01. The molecule has 21 heavy (non-hydrogen) atoms. The summed E-state index contributed by atoms with van der Waals surface area (Å²) >= 11 is 0.699. The fourth-order valence-electron chi connectivity index (χ4n) is 1.88. The van der Waals surface area contributed by atoms with Crippen molar-refractivity contribution in [2.75, 3.05) is 4.72 Å². The smallest absolute Gasteiger partial charge is 0.258 e. The number of rotatable bonds is 4. The van der Waals surface area contributed by atoms with E-state index in [0.29, 0.717) is 11.5 Å². The van der Waals surface area contributed by atoms with Crippen molar-refractivity contribution in [3.05, 3.63) is 33.1 Å². The van der Waals surface area contributed by atoms with Gasteiger partial charge in [-0.3, -0.25) is 14.8 Å². The minimum Gasteiger partial charge on any atom is -0.258 e. The number of anilines is 1. The third kappa shape index (κ3) is 2.80. The zero-order valence-corrected chi connectivity index (χ0v) is 12.3. The summed E-state index contributed by atoms with van der Waals surface area (Å²) in [5.41, 5.74) is -1.13. The molecule has 0 amide bonds. The fourth-order valence-corrected chi connectivity index (χ4v) is 3.94. The lowest BCUT2D eigenvalue weighted by Gasteiger charge is -2.11. The Bertz CT molecular complexity index is 806. The molecular formula is C9H8FN5O4S2. The maximum atomic E-state index is 13.6. The molecule has 0 saturated heterocycles. The minimum absolute atomic E-state index is 0.0422. The molecule has 0 aliphatic heterocycles. The molecule has 1 aromatic carbocycles. The van der Waals surface area contributed by atoms with E-state index >= 15 is 0 Å². The van der Waals surface area contributed by atoms with Gasteiger partial charge < -0.3 is 0 Å². The summed E-state index contributed by atoms with van der Waals surface area (Å²) in [6.45, 7) is 2.51. The summed E-state index contributed by atoms with van der Waals surface area (Å²) in [5.74, 6) is -1.09. The third-order valence-corrected chi connectivity index (χ3v) is 4.86. The molecule has 2 aromatic rings. The van der Waals surface area contributed by atoms with Crippen LogP contribution in [0.1, 0.15) is 11.1 Å². The number of aryl methyl sites for hydroxylation is 1. The molecule has 0 spiro atoms. The van der Waals surface area contributed by atoms with Crippen molar-refractivity contribution < 1.29 is 17.7 Å². The van der Waals surface area contributed by atoms with Crippen LogP contribution in [0.2, 0.25) is 0 Å². The Hall–Kier alpha value is -2.21. The highest BCUT2D eigenvalue weighted by Crippen LogP contribution is 2.32. The van der Waals surface area contributed by atoms with Gasteiger partial charge in [0.15, 0.2) is 0 Å². The number of benzene rings is 1. The summed E-state index contributed by atoms with van der Waals surface area (Å²) in [4.78, 5) is 9.54. The van der Waals surface area contributed by atoms with Crippen LogP contribution in [0.3, 0.4) is 0 Å². The van der Waals surface area contributed by atoms with Gasteiger partial charge in [-0.15, -0.1) is 0 Å². The highest BCUT2D eigenvalue weighted by Gasteiger charge is 2.30. The van der Waals surface area contributed by atoms with E-state index in [1.165, 1.54) is 13.8 Å². The Morgan fingerprint density at radius 3 is 2.62 bits per heavy atom. The minimum atomic E-state index is -4.17. The van der Waals surface area contributed by atoms with Crippen molar-refractivity contribution in [1.29, 1.82) is 0 Å². The number of nitrogens with zero attached hydrogens (tertiary/aromatic N) is 4. The lowest BCUT2D eigenvalue weighted by Crippen LogP contribution is -2.17. The van der Waals surface area contributed by atoms with Crippen molar-refractivity contribution in [2.24, 2.45) is 0 Å². The maximum absolute atomic E-state index is 13.6. The van der Waals surface area contributed by atoms with Crippen LogP contribution in [-0.4, -0.2) is 28.1 Å². The van der Waals surface area contributed by atoms with Crippen LogP contribution in [0, 0.1) is 29.8 Å². The monoisotopic (exact) mass is 333 g/mol. The van der Waals surface area contributed by atoms with Crippen LogP contribution in [-0.2, 0) is 10.0 Å². The lowest BCUT2D eigenvalue weighted by molar-refractivity contribution is -0.388. The van der Waals surface area contributed by atoms with Gasteiger partial charge in [-0.1, -0.05) is 9.59 Å². The van der Waals surface area contributed by atoms with E-state index in [9.17, 15) is 22.9 Å². The molecule has 0 fully saturated rings. The van der Waals surface area contributed by atoms with Gasteiger partial charge in [0.1, 0.15) is 4.90 Å². The third-order valence-electron chi connectivity index (χ3n) is 2.60. The molecule has 9 nitrogen and oxygen atoms in total. The number of sulfonamides is 1. The van der Waals surface area contributed by atoms with Gasteiger partial charge in [0.2, 0.25) is 10.9 Å². The van der Waals surface area contributed by atoms with Crippen molar-refractivity contribution in [3.63, 3.8) is 0 Å². The van der Waals surface area contributed by atoms with Gasteiger partial charge in [-0.2, -0.15) is 4.39 Å². The molecule has 12 heteroatoms. The van der Waals surface area contributed by atoms with Gasteiger partial charge in [0.05, 0.1) is 10.5 Å². The number of nitro groups is 1. The van der Waals surface area contributed by atoms with E-state index in [2.05, 4.69) is 19.5 Å². The molecule has 1 aromatic heterocycles. The Kier molecular flexibility index (Phi) is 3.82. The van der Waals surface area contributed by atoms with E-state index in [1.807, 2.05) is 0 Å². The second kappa shape index (κ2) is 5.29. The Morgan fingerprint density at radius 2 is 2.10 bits per heavy atom. The van der Waals surface area contributed by atoms with Crippen molar-refractivity contribution in [3.8, 4) is 0 Å². The van der Waals surface area contributed by atoms with Crippen LogP contribution in [0.25, 0.3) is 0 Å². The zero-order chi connectivity index (χ0) is 15.8. The van der Waals surface area contributed by atoms with E-state index in [1.54, 1.807) is 0 Å². The quantitative estimate of drug-likeness (QED) is 0.661. The highest BCUT2D eigenvalue weighted by atomic mass is 32.2. The van der Waals surface area contributed by atoms with E-state index in [4.69, 9.17) is 0 Å². The average molecular weight is 333 g/mol. The number of nitro benzene ring substituents is 1. The molecule has 0 unspecified atom stereocenters.